The molecule has 0 bridgehead atoms. The van der Waals surface area contributed by atoms with Gasteiger partial charge in [-0.1, -0.05) is 279 Å². The summed E-state index contributed by atoms with van der Waals surface area (Å²) in [5.41, 5.74) is 22.7. The van der Waals surface area contributed by atoms with Crippen LogP contribution in [0.4, 0.5) is 0 Å². The number of aromatic nitrogens is 7. The Balaban J connectivity index is 0.000000135. The van der Waals surface area contributed by atoms with E-state index in [4.69, 9.17) is 33.8 Å². The molecule has 11 heteroatoms. The van der Waals surface area contributed by atoms with Crippen LogP contribution in [-0.4, -0.2) is 34.1 Å². The fraction of sp³-hybridized carbons (Fsp3) is 0. The van der Waals surface area contributed by atoms with Crippen LogP contribution in [0.1, 0.15) is 0 Å². The van der Waals surface area contributed by atoms with Gasteiger partial charge in [0.05, 0.1) is 44.2 Å². The molecule has 8 aromatic heterocycles. The lowest BCUT2D eigenvalue weighted by Gasteiger charge is -2.13. The van der Waals surface area contributed by atoms with Gasteiger partial charge in [-0.2, -0.15) is 0 Å². The number of hydrogen-bond acceptors (Lipinski definition) is 9. The number of rotatable bonds is 10. The number of fused-ring (bicyclic) bond motifs is 20. The molecular formula is C103H61N7O2S2. The van der Waals surface area contributed by atoms with Gasteiger partial charge < -0.3 is 18.0 Å². The Morgan fingerprint density at radius 3 is 0.956 bits per heavy atom. The molecule has 0 spiro atoms. The number of furan rings is 2. The van der Waals surface area contributed by atoms with Crippen LogP contribution >= 0.6 is 22.7 Å². The fourth-order valence-corrected chi connectivity index (χ4v) is 19.4. The lowest BCUT2D eigenvalue weighted by atomic mass is 10.00. The first-order chi connectivity index (χ1) is 56.5. The first kappa shape index (κ1) is 65.2. The zero-order valence-electron chi connectivity index (χ0n) is 61.0. The molecule has 24 rings (SSSR count). The number of nitrogens with zero attached hydrogens (tertiary/aromatic N) is 7. The van der Waals surface area contributed by atoms with Gasteiger partial charge in [-0.15, -0.1) is 22.7 Å². The normalized spacial score (nSPS) is 11.9. The molecule has 0 aliphatic carbocycles. The molecule has 114 heavy (non-hydrogen) atoms. The van der Waals surface area contributed by atoms with Crippen molar-refractivity contribution in [1.82, 2.24) is 34.1 Å². The molecule has 0 unspecified atom stereocenters. The average molecular weight is 1490 g/mol. The third-order valence-corrected chi connectivity index (χ3v) is 24.7. The van der Waals surface area contributed by atoms with Crippen LogP contribution in [0.25, 0.3) is 230 Å². The minimum atomic E-state index is 0.636. The van der Waals surface area contributed by atoms with Crippen LogP contribution in [0.2, 0.25) is 0 Å². The van der Waals surface area contributed by atoms with E-state index in [-0.39, 0.29) is 0 Å². The van der Waals surface area contributed by atoms with Crippen molar-refractivity contribution < 1.29 is 8.83 Å². The van der Waals surface area contributed by atoms with Gasteiger partial charge in [-0.05, 0) is 102 Å². The van der Waals surface area contributed by atoms with Crippen LogP contribution in [0, 0.1) is 0 Å². The Bertz CT molecular complexity index is 7370. The van der Waals surface area contributed by atoms with Crippen molar-refractivity contribution in [3.05, 3.63) is 370 Å². The van der Waals surface area contributed by atoms with Gasteiger partial charge >= 0.3 is 0 Å². The van der Waals surface area contributed by atoms with Crippen molar-refractivity contribution in [2.45, 2.75) is 0 Å². The summed E-state index contributed by atoms with van der Waals surface area (Å²) in [5.74, 6) is 2.63. The van der Waals surface area contributed by atoms with Crippen LogP contribution in [-0.2, 0) is 0 Å². The largest absolute Gasteiger partial charge is 0.455 e. The molecule has 0 N–H and O–H groups in total. The van der Waals surface area contributed by atoms with Gasteiger partial charge in [0.2, 0.25) is 0 Å². The minimum absolute atomic E-state index is 0.636. The van der Waals surface area contributed by atoms with Gasteiger partial charge in [0.25, 0.3) is 0 Å². The molecule has 0 radical (unpaired) electrons. The summed E-state index contributed by atoms with van der Waals surface area (Å²) in [5, 5.41) is 14.1. The molecule has 0 aliphatic rings. The summed E-state index contributed by atoms with van der Waals surface area (Å²) >= 11 is 3.69. The molecule has 0 saturated heterocycles. The Morgan fingerprint density at radius 1 is 0.219 bits per heavy atom. The highest BCUT2D eigenvalue weighted by Crippen LogP contribution is 2.49. The van der Waals surface area contributed by atoms with E-state index < -0.39 is 0 Å². The molecule has 16 aromatic carbocycles. The predicted molar refractivity (Wildman–Crippen MR) is 474 cm³/mol. The smallest absolute Gasteiger partial charge is 0.164 e. The Labute approximate surface area is 660 Å². The second-order valence-electron chi connectivity index (χ2n) is 28.9. The molecule has 8 heterocycles. The number of benzene rings is 16. The van der Waals surface area contributed by atoms with E-state index in [1.54, 1.807) is 0 Å². The highest BCUT2D eigenvalue weighted by molar-refractivity contribution is 7.26. The number of para-hydroxylation sites is 4. The third-order valence-electron chi connectivity index (χ3n) is 22.3. The number of thiophene rings is 2. The van der Waals surface area contributed by atoms with E-state index in [2.05, 4.69) is 294 Å². The zero-order chi connectivity index (χ0) is 74.9. The van der Waals surface area contributed by atoms with Crippen molar-refractivity contribution in [2.75, 3.05) is 0 Å². The summed E-state index contributed by atoms with van der Waals surface area (Å²) < 4.78 is 23.1. The van der Waals surface area contributed by atoms with Crippen molar-refractivity contribution >= 4 is 151 Å². The zero-order valence-corrected chi connectivity index (χ0v) is 62.6. The summed E-state index contributed by atoms with van der Waals surface area (Å²) in [6.45, 7) is 0. The van der Waals surface area contributed by atoms with Crippen LogP contribution < -0.4 is 0 Å². The molecule has 0 atom stereocenters. The maximum atomic E-state index is 6.62. The van der Waals surface area contributed by atoms with Crippen LogP contribution in [0.15, 0.2) is 379 Å². The molecular weight excluding hydrogens is 1430 g/mol. The molecule has 0 saturated carbocycles. The molecule has 0 fully saturated rings. The molecule has 0 aliphatic heterocycles. The first-order valence-electron chi connectivity index (χ1n) is 38.2. The fourth-order valence-electron chi connectivity index (χ4n) is 17.0. The van der Waals surface area contributed by atoms with Gasteiger partial charge in [0, 0.05) is 129 Å². The highest BCUT2D eigenvalue weighted by atomic mass is 32.1. The van der Waals surface area contributed by atoms with E-state index >= 15 is 0 Å². The van der Waals surface area contributed by atoms with Crippen molar-refractivity contribution in [1.29, 1.82) is 0 Å². The van der Waals surface area contributed by atoms with Gasteiger partial charge in [0.1, 0.15) is 22.3 Å². The van der Waals surface area contributed by atoms with Crippen molar-refractivity contribution in [2.24, 2.45) is 0 Å². The van der Waals surface area contributed by atoms with Crippen LogP contribution in [0.3, 0.4) is 0 Å². The van der Waals surface area contributed by atoms with E-state index in [9.17, 15) is 0 Å². The van der Waals surface area contributed by atoms with E-state index in [0.717, 1.165) is 144 Å². The number of hydrogen-bond donors (Lipinski definition) is 0. The average Bonchev–Trinajstić information content (AvgIpc) is 1.56. The third kappa shape index (κ3) is 10.8. The van der Waals surface area contributed by atoms with E-state index in [0.29, 0.717) is 23.3 Å². The van der Waals surface area contributed by atoms with Crippen LogP contribution in [0.5, 0.6) is 0 Å². The summed E-state index contributed by atoms with van der Waals surface area (Å²) in [7, 11) is 0. The van der Waals surface area contributed by atoms with Crippen molar-refractivity contribution in [3.63, 3.8) is 0 Å². The molecule has 0 amide bonds. The summed E-state index contributed by atoms with van der Waals surface area (Å²) in [6.07, 6.45) is 0. The minimum Gasteiger partial charge on any atom is -0.455 e. The molecule has 24 aromatic rings. The summed E-state index contributed by atoms with van der Waals surface area (Å²) in [4.78, 5) is 25.1. The Morgan fingerprint density at radius 2 is 0.544 bits per heavy atom. The standard InChI is InChI=1S/C52H31N3OS.C51H30N4OS/c1-3-13-33(14-4-1)43-31-44(34-15-5-2-6-16-34)54-52(53-43)35-25-23-32(24-26-35)41-29-36(30-42-38-18-9-12-22-48(38)57-51(41)42)55-45-20-10-7-19-40(45)49-46(55)28-27-39-37-17-8-11-21-47(37)56-50(39)49;1-3-13-32(14-4-1)49-52-50(33-15-5-2-6-16-33)54-51(53-49)34-25-23-31(24-26-34)40-29-35(30-41-37-18-9-12-22-45(37)57-48(40)41)55-42-20-10-7-19-39(42)46-43(55)28-27-38-36-17-8-11-21-44(36)56-47(38)46/h1-31H;1-30H. The summed E-state index contributed by atoms with van der Waals surface area (Å²) in [6, 6.07) is 130. The first-order valence-corrected chi connectivity index (χ1v) is 39.8. The highest BCUT2D eigenvalue weighted by Gasteiger charge is 2.25. The van der Waals surface area contributed by atoms with Gasteiger partial charge in [-0.3, -0.25) is 0 Å². The van der Waals surface area contributed by atoms with E-state index in [1.165, 1.54) is 62.2 Å². The molecule has 532 valence electrons. The lowest BCUT2D eigenvalue weighted by molar-refractivity contribution is 0.672. The quantitative estimate of drug-likeness (QED) is 0.134. The van der Waals surface area contributed by atoms with Gasteiger partial charge in [-0.25, -0.2) is 24.9 Å². The second kappa shape index (κ2) is 26.5. The topological polar surface area (TPSA) is 101 Å². The molecule has 9 nitrogen and oxygen atoms in total. The SMILES string of the molecule is c1ccc(-c2cc(-c3ccccc3)nc(-c3ccc(-c4cc(-n5c6ccccc6c6c7oc8ccccc8c7ccc65)cc5c4sc4ccccc45)cc3)n2)cc1.c1ccc(-c2nc(-c3ccccc3)nc(-c3ccc(-c4cc(-n5c6ccccc6c6c7oc8ccccc8c7ccc65)cc5c4sc4ccccc45)cc3)n2)cc1. The second-order valence-corrected chi connectivity index (χ2v) is 31.0. The Hall–Kier alpha value is -14.8. The monoisotopic (exact) mass is 1490 g/mol. The maximum absolute atomic E-state index is 6.62. The predicted octanol–water partition coefficient (Wildman–Crippen LogP) is 28.4. The van der Waals surface area contributed by atoms with Gasteiger partial charge in [0.15, 0.2) is 23.3 Å². The van der Waals surface area contributed by atoms with Crippen molar-refractivity contribution in [3.8, 4) is 102 Å². The van der Waals surface area contributed by atoms with E-state index in [1.807, 2.05) is 108 Å². The Kier molecular flexibility index (Phi) is 15.1. The lowest BCUT2D eigenvalue weighted by Crippen LogP contribution is -2.00. The maximum Gasteiger partial charge on any atom is 0.164 e.